The van der Waals surface area contributed by atoms with Crippen LogP contribution >= 0.6 is 0 Å². The van der Waals surface area contributed by atoms with Crippen LogP contribution in [0.5, 0.6) is 34.5 Å². The predicted octanol–water partition coefficient (Wildman–Crippen LogP) is 3.10. The van der Waals surface area contributed by atoms with Crippen molar-refractivity contribution in [1.82, 2.24) is 0 Å². The molecule has 0 spiro atoms. The monoisotopic (exact) mass is 414 g/mol. The number of rotatable bonds is 5. The highest BCUT2D eigenvalue weighted by atomic mass is 16.7. The lowest BCUT2D eigenvalue weighted by Crippen LogP contribution is -2.21. The molecule has 8 heteroatoms. The van der Waals surface area contributed by atoms with Gasteiger partial charge in [0.05, 0.1) is 26.7 Å². The number of hydrogen-bond acceptors (Lipinski definition) is 8. The van der Waals surface area contributed by atoms with E-state index in [4.69, 9.17) is 33.2 Å². The van der Waals surface area contributed by atoms with E-state index in [-0.39, 0.29) is 37.3 Å². The lowest BCUT2D eigenvalue weighted by atomic mass is 9.76. The molecule has 0 unspecified atom stereocenters. The van der Waals surface area contributed by atoms with Crippen LogP contribution in [0.25, 0.3) is 0 Å². The van der Waals surface area contributed by atoms with Crippen LogP contribution in [0.3, 0.4) is 0 Å². The summed E-state index contributed by atoms with van der Waals surface area (Å²) in [5, 5.41) is 0. The van der Waals surface area contributed by atoms with Crippen molar-refractivity contribution in [1.29, 1.82) is 0 Å². The van der Waals surface area contributed by atoms with E-state index >= 15 is 0 Å². The molecule has 1 saturated heterocycles. The number of ether oxygens (including phenoxy) is 7. The lowest BCUT2D eigenvalue weighted by molar-refractivity contribution is -0.140. The van der Waals surface area contributed by atoms with Gasteiger partial charge in [0, 0.05) is 11.8 Å². The smallest absolute Gasteiger partial charge is 0.309 e. The van der Waals surface area contributed by atoms with E-state index in [1.165, 1.54) is 0 Å². The fourth-order valence-electron chi connectivity index (χ4n) is 4.36. The third kappa shape index (κ3) is 2.86. The number of fused-ring (bicyclic) bond motifs is 2. The van der Waals surface area contributed by atoms with Crippen LogP contribution in [-0.4, -0.2) is 40.4 Å². The number of carbonyl (C=O) groups excluding carboxylic acids is 1. The van der Waals surface area contributed by atoms with Gasteiger partial charge in [-0.25, -0.2) is 0 Å². The molecular formula is C22H22O8. The van der Waals surface area contributed by atoms with Crippen molar-refractivity contribution in [3.05, 3.63) is 35.4 Å². The quantitative estimate of drug-likeness (QED) is 0.691. The van der Waals surface area contributed by atoms with E-state index in [0.717, 1.165) is 11.1 Å². The van der Waals surface area contributed by atoms with Gasteiger partial charge in [0.2, 0.25) is 25.1 Å². The lowest BCUT2D eigenvalue weighted by Gasteiger charge is -2.26. The minimum Gasteiger partial charge on any atom is -0.493 e. The molecule has 0 amide bonds. The maximum atomic E-state index is 12.2. The van der Waals surface area contributed by atoms with Gasteiger partial charge in [0.25, 0.3) is 0 Å². The molecule has 3 aliphatic heterocycles. The van der Waals surface area contributed by atoms with Crippen LogP contribution in [0.15, 0.2) is 24.3 Å². The molecule has 30 heavy (non-hydrogen) atoms. The van der Waals surface area contributed by atoms with E-state index in [0.29, 0.717) is 41.1 Å². The molecular weight excluding hydrogens is 392 g/mol. The fourth-order valence-corrected chi connectivity index (χ4v) is 4.36. The minimum atomic E-state index is -0.275. The highest BCUT2D eigenvalue weighted by Gasteiger charge is 2.41. The van der Waals surface area contributed by atoms with Crippen LogP contribution < -0.4 is 28.4 Å². The summed E-state index contributed by atoms with van der Waals surface area (Å²) in [6, 6.07) is 7.71. The Morgan fingerprint density at radius 1 is 0.833 bits per heavy atom. The summed E-state index contributed by atoms with van der Waals surface area (Å²) in [7, 11) is 3.18. The number of cyclic esters (lactones) is 1. The van der Waals surface area contributed by atoms with E-state index < -0.39 is 0 Å². The first-order valence-electron chi connectivity index (χ1n) is 9.72. The molecule has 0 N–H and O–H groups in total. The maximum Gasteiger partial charge on any atom is 0.309 e. The second-order valence-electron chi connectivity index (χ2n) is 7.47. The Morgan fingerprint density at radius 3 is 1.80 bits per heavy atom. The molecule has 8 nitrogen and oxygen atoms in total. The number of carbonyl (C=O) groups is 1. The molecule has 0 aliphatic carbocycles. The summed E-state index contributed by atoms with van der Waals surface area (Å²) >= 11 is 0. The van der Waals surface area contributed by atoms with Crippen molar-refractivity contribution in [3.8, 4) is 34.5 Å². The SMILES string of the molecule is COc1cc(C(c2cc(OC)c3c(c2)OCO3)[C@H]2COC(=O)[C@@H]2C)cc2c1OCO2. The normalized spacial score (nSPS) is 21.1. The van der Waals surface area contributed by atoms with E-state index in [9.17, 15) is 4.79 Å². The Bertz CT molecular complexity index is 936. The molecule has 3 heterocycles. The summed E-state index contributed by atoms with van der Waals surface area (Å²) in [5.74, 6) is 2.77. The van der Waals surface area contributed by atoms with Gasteiger partial charge in [-0.15, -0.1) is 0 Å². The minimum absolute atomic E-state index is 0.0901. The fraction of sp³-hybridized carbons (Fsp3) is 0.409. The van der Waals surface area contributed by atoms with E-state index in [1.54, 1.807) is 14.2 Å². The first-order chi connectivity index (χ1) is 14.6. The van der Waals surface area contributed by atoms with E-state index in [2.05, 4.69) is 0 Å². The highest BCUT2D eigenvalue weighted by molar-refractivity contribution is 5.75. The first-order valence-corrected chi connectivity index (χ1v) is 9.72. The average Bonchev–Trinajstić information content (AvgIpc) is 3.49. The van der Waals surface area contributed by atoms with E-state index in [1.807, 2.05) is 31.2 Å². The van der Waals surface area contributed by atoms with Crippen LogP contribution in [0, 0.1) is 11.8 Å². The standard InChI is InChI=1S/C22H22O8/c1-11-14(8-26-22(11)23)19(12-4-15(24-2)20-17(6-12)27-9-29-20)13-5-16(25-3)21-18(7-13)28-10-30-21/h4-7,11,14,19H,8-10H2,1-3H3/t11-,14+/m1/s1. The summed E-state index contributed by atoms with van der Waals surface area (Å²) < 4.78 is 38.8. The number of hydrogen-bond donors (Lipinski definition) is 0. The number of benzene rings is 2. The number of methoxy groups -OCH3 is 2. The first kappa shape index (κ1) is 18.7. The van der Waals surface area contributed by atoms with Gasteiger partial charge in [-0.2, -0.15) is 0 Å². The third-order valence-corrected chi connectivity index (χ3v) is 5.94. The number of esters is 1. The molecule has 2 aromatic carbocycles. The van der Waals surface area contributed by atoms with Crippen molar-refractivity contribution in [2.75, 3.05) is 34.4 Å². The van der Waals surface area contributed by atoms with Gasteiger partial charge in [0.15, 0.2) is 23.0 Å². The highest BCUT2D eigenvalue weighted by Crippen LogP contribution is 2.50. The summed E-state index contributed by atoms with van der Waals surface area (Å²) in [6.07, 6.45) is 0. The van der Waals surface area contributed by atoms with Gasteiger partial charge in [0.1, 0.15) is 0 Å². The second kappa shape index (κ2) is 7.19. The van der Waals surface area contributed by atoms with Gasteiger partial charge < -0.3 is 33.2 Å². The zero-order chi connectivity index (χ0) is 20.8. The van der Waals surface area contributed by atoms with Crippen LogP contribution in [0.4, 0.5) is 0 Å². The van der Waals surface area contributed by atoms with Crippen LogP contribution in [0.1, 0.15) is 24.0 Å². The summed E-state index contributed by atoms with van der Waals surface area (Å²) in [5.41, 5.74) is 1.85. The molecule has 0 bridgehead atoms. The molecule has 0 radical (unpaired) electrons. The van der Waals surface area contributed by atoms with Gasteiger partial charge in [-0.05, 0) is 35.4 Å². The third-order valence-electron chi connectivity index (χ3n) is 5.94. The van der Waals surface area contributed by atoms with Gasteiger partial charge in [-0.1, -0.05) is 6.92 Å². The molecule has 158 valence electrons. The molecule has 0 saturated carbocycles. The zero-order valence-corrected chi connectivity index (χ0v) is 16.9. The zero-order valence-electron chi connectivity index (χ0n) is 16.9. The Morgan fingerprint density at radius 2 is 1.37 bits per heavy atom. The van der Waals surface area contributed by atoms with Crippen molar-refractivity contribution >= 4 is 5.97 Å². The van der Waals surface area contributed by atoms with Crippen molar-refractivity contribution in [2.24, 2.45) is 11.8 Å². The summed E-state index contributed by atoms with van der Waals surface area (Å²) in [6.45, 7) is 2.48. The molecule has 2 atom stereocenters. The molecule has 0 aromatic heterocycles. The van der Waals surface area contributed by atoms with Gasteiger partial charge >= 0.3 is 5.97 Å². The van der Waals surface area contributed by atoms with Crippen molar-refractivity contribution in [3.63, 3.8) is 0 Å². The second-order valence-corrected chi connectivity index (χ2v) is 7.47. The molecule has 3 aliphatic rings. The molecule has 5 rings (SSSR count). The van der Waals surface area contributed by atoms with Crippen molar-refractivity contribution < 1.29 is 38.0 Å². The van der Waals surface area contributed by atoms with Crippen molar-refractivity contribution in [2.45, 2.75) is 12.8 Å². The average molecular weight is 414 g/mol. The maximum absolute atomic E-state index is 12.2. The Hall–Kier alpha value is -3.29. The predicted molar refractivity (Wildman–Crippen MR) is 104 cm³/mol. The largest absolute Gasteiger partial charge is 0.493 e. The Balaban J connectivity index is 1.67. The summed E-state index contributed by atoms with van der Waals surface area (Å²) in [4.78, 5) is 12.2. The molecule has 2 aromatic rings. The Labute approximate surface area is 173 Å². The van der Waals surface area contributed by atoms with Crippen LogP contribution in [0.2, 0.25) is 0 Å². The van der Waals surface area contributed by atoms with Crippen LogP contribution in [-0.2, 0) is 9.53 Å². The van der Waals surface area contributed by atoms with Gasteiger partial charge in [-0.3, -0.25) is 4.79 Å². The topological polar surface area (TPSA) is 81.7 Å². The Kier molecular flexibility index (Phi) is 4.49. The molecule has 1 fully saturated rings.